The van der Waals surface area contributed by atoms with Crippen LogP contribution >= 0.6 is 23.5 Å². The molecule has 1 aromatic rings. The van der Waals surface area contributed by atoms with Gasteiger partial charge in [0.2, 0.25) is 0 Å². The first kappa shape index (κ1) is 16.6. The summed E-state index contributed by atoms with van der Waals surface area (Å²) >= 11 is 3.51. The van der Waals surface area contributed by atoms with Gasteiger partial charge >= 0.3 is 0 Å². The maximum absolute atomic E-state index is 9.73. The fourth-order valence-corrected chi connectivity index (χ4v) is 4.69. The minimum absolute atomic E-state index is 0.194. The number of hydrogen-bond donors (Lipinski definition) is 2. The van der Waals surface area contributed by atoms with Crippen LogP contribution in [0, 0.1) is 0 Å². The average molecular weight is 342 g/mol. The number of aliphatic hydroxyl groups is 2. The summed E-state index contributed by atoms with van der Waals surface area (Å²) in [5, 5.41) is 19.8. The molecular formula is C16H22O4S2. The van der Waals surface area contributed by atoms with Crippen LogP contribution in [-0.2, 0) is 21.0 Å². The maximum Gasteiger partial charge on any atom is 0.0914 e. The lowest BCUT2D eigenvalue weighted by atomic mass is 10.2. The molecule has 1 aromatic carbocycles. The van der Waals surface area contributed by atoms with Gasteiger partial charge in [0.1, 0.15) is 0 Å². The molecule has 2 saturated heterocycles. The molecule has 2 aliphatic heterocycles. The first-order valence-corrected chi connectivity index (χ1v) is 9.65. The van der Waals surface area contributed by atoms with E-state index in [1.165, 1.54) is 11.1 Å². The first-order valence-electron chi connectivity index (χ1n) is 7.55. The summed E-state index contributed by atoms with van der Waals surface area (Å²) in [7, 11) is 0. The normalized spacial score (nSPS) is 31.7. The fraction of sp³-hybridized carbons (Fsp3) is 0.625. The van der Waals surface area contributed by atoms with Crippen molar-refractivity contribution >= 4 is 23.5 Å². The topological polar surface area (TPSA) is 58.9 Å². The van der Waals surface area contributed by atoms with Gasteiger partial charge in [0.15, 0.2) is 0 Å². The lowest BCUT2D eigenvalue weighted by molar-refractivity contribution is 0.127. The van der Waals surface area contributed by atoms with Gasteiger partial charge in [0.25, 0.3) is 0 Å². The summed E-state index contributed by atoms with van der Waals surface area (Å²) in [5.41, 5.74) is 2.53. The van der Waals surface area contributed by atoms with Crippen molar-refractivity contribution in [3.05, 3.63) is 35.4 Å². The molecule has 22 heavy (non-hydrogen) atoms. The highest BCUT2D eigenvalue weighted by atomic mass is 32.2. The minimum Gasteiger partial charge on any atom is -0.389 e. The van der Waals surface area contributed by atoms with E-state index in [-0.39, 0.29) is 22.7 Å². The van der Waals surface area contributed by atoms with Crippen LogP contribution in [-0.4, -0.2) is 59.3 Å². The van der Waals surface area contributed by atoms with Crippen molar-refractivity contribution in [1.29, 1.82) is 0 Å². The lowest BCUT2D eigenvalue weighted by Crippen LogP contribution is -2.20. The quantitative estimate of drug-likeness (QED) is 0.820. The molecule has 0 aromatic heterocycles. The predicted molar refractivity (Wildman–Crippen MR) is 90.3 cm³/mol. The molecule has 2 heterocycles. The Morgan fingerprint density at radius 2 is 1.18 bits per heavy atom. The van der Waals surface area contributed by atoms with Crippen molar-refractivity contribution in [1.82, 2.24) is 0 Å². The molecule has 0 amide bonds. The van der Waals surface area contributed by atoms with E-state index in [2.05, 4.69) is 24.3 Å². The van der Waals surface area contributed by atoms with Crippen LogP contribution < -0.4 is 0 Å². The molecule has 0 unspecified atom stereocenters. The highest BCUT2D eigenvalue weighted by Gasteiger charge is 2.27. The summed E-state index contributed by atoms with van der Waals surface area (Å²) < 4.78 is 10.5. The molecule has 6 heteroatoms. The number of thioether (sulfide) groups is 2. The van der Waals surface area contributed by atoms with Crippen molar-refractivity contribution in [3.8, 4) is 0 Å². The van der Waals surface area contributed by atoms with Gasteiger partial charge in [-0.2, -0.15) is 0 Å². The van der Waals surface area contributed by atoms with Gasteiger partial charge in [-0.3, -0.25) is 0 Å². The standard InChI is InChI=1S/C16H22O4S2/c17-13-5-19-7-15(13)21-9-11-1-2-12(4-3-11)10-22-16-8-20-6-14(16)18/h1-4,13-18H,5-10H2/t13-,14+,15-,16+. The van der Waals surface area contributed by atoms with E-state index in [1.807, 2.05) is 0 Å². The summed E-state index contributed by atoms with van der Waals surface area (Å²) in [6.07, 6.45) is -0.665. The maximum atomic E-state index is 9.73. The molecule has 122 valence electrons. The van der Waals surface area contributed by atoms with E-state index in [9.17, 15) is 10.2 Å². The Balaban J connectivity index is 1.43. The molecule has 4 nitrogen and oxygen atoms in total. The molecule has 2 aliphatic rings. The van der Waals surface area contributed by atoms with E-state index in [1.54, 1.807) is 23.5 Å². The molecule has 2 fully saturated rings. The van der Waals surface area contributed by atoms with Crippen LogP contribution in [0.2, 0.25) is 0 Å². The number of benzene rings is 1. The van der Waals surface area contributed by atoms with Crippen molar-refractivity contribution in [2.75, 3.05) is 26.4 Å². The van der Waals surface area contributed by atoms with Gasteiger partial charge in [0.05, 0.1) is 49.1 Å². The van der Waals surface area contributed by atoms with E-state index < -0.39 is 0 Å². The van der Waals surface area contributed by atoms with Gasteiger partial charge < -0.3 is 19.7 Å². The molecule has 0 radical (unpaired) electrons. The summed E-state index contributed by atoms with van der Waals surface area (Å²) in [5.74, 6) is 1.79. The molecule has 3 rings (SSSR count). The number of rotatable bonds is 6. The lowest BCUT2D eigenvalue weighted by Gasteiger charge is -2.13. The second-order valence-electron chi connectivity index (χ2n) is 5.73. The zero-order valence-electron chi connectivity index (χ0n) is 12.4. The number of aliphatic hydroxyl groups excluding tert-OH is 2. The van der Waals surface area contributed by atoms with Crippen molar-refractivity contribution in [2.24, 2.45) is 0 Å². The van der Waals surface area contributed by atoms with Crippen LogP contribution in [0.3, 0.4) is 0 Å². The van der Waals surface area contributed by atoms with Crippen molar-refractivity contribution < 1.29 is 19.7 Å². The Morgan fingerprint density at radius 1 is 0.773 bits per heavy atom. The molecule has 0 saturated carbocycles. The highest BCUT2D eigenvalue weighted by molar-refractivity contribution is 7.99. The molecule has 0 aliphatic carbocycles. The van der Waals surface area contributed by atoms with Crippen LogP contribution in [0.1, 0.15) is 11.1 Å². The van der Waals surface area contributed by atoms with Gasteiger partial charge in [-0.1, -0.05) is 24.3 Å². The van der Waals surface area contributed by atoms with Gasteiger partial charge in [-0.05, 0) is 11.1 Å². The third kappa shape index (κ3) is 4.40. The van der Waals surface area contributed by atoms with Crippen LogP contribution in [0.25, 0.3) is 0 Å². The third-order valence-corrected chi connectivity index (χ3v) is 6.71. The minimum atomic E-state index is -0.333. The Kier molecular flexibility index (Phi) is 6.07. The largest absolute Gasteiger partial charge is 0.389 e. The summed E-state index contributed by atoms with van der Waals surface area (Å²) in [4.78, 5) is 0. The second-order valence-corrected chi connectivity index (χ2v) is 8.18. The van der Waals surface area contributed by atoms with Crippen molar-refractivity contribution in [3.63, 3.8) is 0 Å². The average Bonchev–Trinajstić information content (AvgIpc) is 3.12. The van der Waals surface area contributed by atoms with E-state index in [4.69, 9.17) is 9.47 Å². The third-order valence-electron chi connectivity index (χ3n) is 3.95. The molecule has 0 spiro atoms. The van der Waals surface area contributed by atoms with Crippen molar-refractivity contribution in [2.45, 2.75) is 34.2 Å². The monoisotopic (exact) mass is 342 g/mol. The first-order chi connectivity index (χ1) is 10.7. The number of ether oxygens (including phenoxy) is 2. The predicted octanol–water partition coefficient (Wildman–Crippen LogP) is 1.67. The van der Waals surface area contributed by atoms with E-state index in [0.717, 1.165) is 11.5 Å². The Morgan fingerprint density at radius 3 is 1.50 bits per heavy atom. The SMILES string of the molecule is O[C@@H]1COC[C@H]1SCc1ccc(CS[C@H]2COC[C@@H]2O)cc1. The molecule has 4 atom stereocenters. The van der Waals surface area contributed by atoms with Crippen LogP contribution in [0.4, 0.5) is 0 Å². The smallest absolute Gasteiger partial charge is 0.0914 e. The zero-order valence-corrected chi connectivity index (χ0v) is 14.0. The van der Waals surface area contributed by atoms with Gasteiger partial charge in [-0.15, -0.1) is 23.5 Å². The fourth-order valence-electron chi connectivity index (χ4n) is 2.50. The Hall–Kier alpha value is -0.240. The summed E-state index contributed by atoms with van der Waals surface area (Å²) in [6, 6.07) is 8.58. The van der Waals surface area contributed by atoms with E-state index >= 15 is 0 Å². The Labute approximate surface area is 139 Å². The van der Waals surface area contributed by atoms with Gasteiger partial charge in [0, 0.05) is 11.5 Å². The molecule has 0 bridgehead atoms. The van der Waals surface area contributed by atoms with E-state index in [0.29, 0.717) is 26.4 Å². The van der Waals surface area contributed by atoms with Crippen LogP contribution in [0.5, 0.6) is 0 Å². The molecular weight excluding hydrogens is 320 g/mol. The summed E-state index contributed by atoms with van der Waals surface area (Å²) in [6.45, 7) is 2.22. The highest BCUT2D eigenvalue weighted by Crippen LogP contribution is 2.27. The Bertz CT molecular complexity index is 425. The number of hydrogen-bond acceptors (Lipinski definition) is 6. The zero-order chi connectivity index (χ0) is 15.4. The van der Waals surface area contributed by atoms with Crippen LogP contribution in [0.15, 0.2) is 24.3 Å². The van der Waals surface area contributed by atoms with Gasteiger partial charge in [-0.25, -0.2) is 0 Å². The second kappa shape index (κ2) is 8.04. The molecule has 2 N–H and O–H groups in total.